The first-order valence-corrected chi connectivity index (χ1v) is 6.76. The van der Waals surface area contributed by atoms with Crippen LogP contribution in [0.2, 0.25) is 0 Å². The zero-order valence-electron chi connectivity index (χ0n) is 9.86. The second-order valence-electron chi connectivity index (χ2n) is 4.37. The van der Waals surface area contributed by atoms with Gasteiger partial charge in [-0.3, -0.25) is 5.41 Å². The highest BCUT2D eigenvalue weighted by molar-refractivity contribution is 8.14. The number of rotatable bonds is 2. The third kappa shape index (κ3) is 2.24. The maximum atomic E-state index is 8.01. The van der Waals surface area contributed by atoms with Crippen LogP contribution in [-0.2, 0) is 0 Å². The third-order valence-electron chi connectivity index (χ3n) is 2.86. The zero-order chi connectivity index (χ0) is 11.5. The molecule has 1 aliphatic heterocycles. The van der Waals surface area contributed by atoms with E-state index in [1.807, 2.05) is 0 Å². The maximum Gasteiger partial charge on any atom is 0.160 e. The second-order valence-corrected chi connectivity index (χ2v) is 5.46. The number of hydrogen-bond acceptors (Lipinski definition) is 2. The van der Waals surface area contributed by atoms with Crippen molar-refractivity contribution in [2.24, 2.45) is 0 Å². The summed E-state index contributed by atoms with van der Waals surface area (Å²) in [4.78, 5) is 2.14. The van der Waals surface area contributed by atoms with Crippen molar-refractivity contribution in [1.82, 2.24) is 0 Å². The molecule has 1 aromatic carbocycles. The molecule has 2 rings (SSSR count). The standard InChI is InChI=1S/C13H18N2S/c1-10(2)11-6-3-4-7-12(11)15-8-5-9-16-13(15)14/h3-4,6-7,10,14H,5,8-9H2,1-2H3. The molecule has 0 atom stereocenters. The quantitative estimate of drug-likeness (QED) is 0.845. The monoisotopic (exact) mass is 234 g/mol. The molecule has 1 N–H and O–H groups in total. The SMILES string of the molecule is CC(C)c1ccccc1N1CCCSC1=N. The van der Waals surface area contributed by atoms with E-state index >= 15 is 0 Å². The number of nitrogens with one attached hydrogen (secondary N) is 1. The van der Waals surface area contributed by atoms with E-state index in [2.05, 4.69) is 43.0 Å². The Morgan fingerprint density at radius 3 is 2.75 bits per heavy atom. The summed E-state index contributed by atoms with van der Waals surface area (Å²) in [5.41, 5.74) is 2.56. The molecule has 1 fully saturated rings. The molecule has 3 heteroatoms. The van der Waals surface area contributed by atoms with E-state index in [-0.39, 0.29) is 0 Å². The van der Waals surface area contributed by atoms with Crippen molar-refractivity contribution in [3.8, 4) is 0 Å². The number of para-hydroxylation sites is 1. The van der Waals surface area contributed by atoms with Crippen LogP contribution in [0.15, 0.2) is 24.3 Å². The fourth-order valence-electron chi connectivity index (χ4n) is 2.02. The van der Waals surface area contributed by atoms with E-state index in [1.54, 1.807) is 11.8 Å². The Hall–Kier alpha value is -0.960. The van der Waals surface area contributed by atoms with Crippen LogP contribution in [0, 0.1) is 5.41 Å². The number of hydrogen-bond donors (Lipinski definition) is 1. The molecule has 0 saturated carbocycles. The Balaban J connectivity index is 2.34. The zero-order valence-corrected chi connectivity index (χ0v) is 10.7. The van der Waals surface area contributed by atoms with Crippen LogP contribution in [0.4, 0.5) is 5.69 Å². The summed E-state index contributed by atoms with van der Waals surface area (Å²) >= 11 is 1.65. The average Bonchev–Trinajstić information content (AvgIpc) is 2.29. The van der Waals surface area contributed by atoms with Gasteiger partial charge in [0.25, 0.3) is 0 Å². The molecule has 1 heterocycles. The van der Waals surface area contributed by atoms with Gasteiger partial charge in [0.2, 0.25) is 0 Å². The number of amidine groups is 1. The highest BCUT2D eigenvalue weighted by Crippen LogP contribution is 2.31. The molecule has 1 saturated heterocycles. The van der Waals surface area contributed by atoms with Gasteiger partial charge in [0.05, 0.1) is 0 Å². The van der Waals surface area contributed by atoms with Crippen LogP contribution in [0.1, 0.15) is 31.7 Å². The van der Waals surface area contributed by atoms with Crippen LogP contribution >= 0.6 is 11.8 Å². The molecule has 0 spiro atoms. The lowest BCUT2D eigenvalue weighted by Crippen LogP contribution is -2.34. The molecule has 1 aromatic rings. The molecule has 0 aromatic heterocycles. The number of thioether (sulfide) groups is 1. The molecular weight excluding hydrogens is 216 g/mol. The fraction of sp³-hybridized carbons (Fsp3) is 0.462. The van der Waals surface area contributed by atoms with Crippen molar-refractivity contribution < 1.29 is 0 Å². The summed E-state index contributed by atoms with van der Waals surface area (Å²) in [6.45, 7) is 5.40. The first kappa shape index (κ1) is 11.5. The molecule has 1 aliphatic rings. The summed E-state index contributed by atoms with van der Waals surface area (Å²) in [5.74, 6) is 1.59. The molecule has 2 nitrogen and oxygen atoms in total. The Morgan fingerprint density at radius 1 is 1.31 bits per heavy atom. The molecule has 0 radical (unpaired) electrons. The van der Waals surface area contributed by atoms with Gasteiger partial charge in [0.1, 0.15) is 0 Å². The van der Waals surface area contributed by atoms with Gasteiger partial charge in [0.15, 0.2) is 5.17 Å². The minimum absolute atomic E-state index is 0.510. The molecule has 86 valence electrons. The second kappa shape index (κ2) is 4.91. The lowest BCUT2D eigenvalue weighted by Gasteiger charge is -2.31. The molecule has 0 bridgehead atoms. The minimum Gasteiger partial charge on any atom is -0.321 e. The van der Waals surface area contributed by atoms with Crippen molar-refractivity contribution in [2.45, 2.75) is 26.2 Å². The topological polar surface area (TPSA) is 27.1 Å². The van der Waals surface area contributed by atoms with E-state index in [4.69, 9.17) is 5.41 Å². The van der Waals surface area contributed by atoms with E-state index in [0.717, 1.165) is 12.3 Å². The van der Waals surface area contributed by atoms with Gasteiger partial charge < -0.3 is 4.90 Å². The molecule has 0 amide bonds. The molecule has 0 unspecified atom stereocenters. The van der Waals surface area contributed by atoms with E-state index in [9.17, 15) is 0 Å². The minimum atomic E-state index is 0.510. The van der Waals surface area contributed by atoms with Crippen LogP contribution in [0.3, 0.4) is 0 Å². The van der Waals surface area contributed by atoms with Crippen molar-refractivity contribution in [2.75, 3.05) is 17.2 Å². The van der Waals surface area contributed by atoms with E-state index in [0.29, 0.717) is 11.1 Å². The third-order valence-corrected chi connectivity index (χ3v) is 3.85. The number of benzene rings is 1. The smallest absolute Gasteiger partial charge is 0.160 e. The van der Waals surface area contributed by atoms with E-state index < -0.39 is 0 Å². The number of anilines is 1. The van der Waals surface area contributed by atoms with Gasteiger partial charge in [-0.05, 0) is 24.0 Å². The van der Waals surface area contributed by atoms with Gasteiger partial charge in [-0.2, -0.15) is 0 Å². The maximum absolute atomic E-state index is 8.01. The lowest BCUT2D eigenvalue weighted by molar-refractivity contribution is 0.842. The van der Waals surface area contributed by atoms with E-state index in [1.165, 1.54) is 17.7 Å². The predicted octanol–water partition coefficient (Wildman–Crippen LogP) is 3.69. The van der Waals surface area contributed by atoms with Crippen molar-refractivity contribution in [1.29, 1.82) is 5.41 Å². The van der Waals surface area contributed by atoms with Gasteiger partial charge >= 0.3 is 0 Å². The van der Waals surface area contributed by atoms with Crippen molar-refractivity contribution in [3.63, 3.8) is 0 Å². The fourth-order valence-corrected chi connectivity index (χ4v) is 2.83. The normalized spacial score (nSPS) is 16.9. The summed E-state index contributed by atoms with van der Waals surface area (Å²) in [6, 6.07) is 8.45. The summed E-state index contributed by atoms with van der Waals surface area (Å²) in [5, 5.41) is 8.70. The lowest BCUT2D eigenvalue weighted by atomic mass is 10.0. The highest BCUT2D eigenvalue weighted by atomic mass is 32.2. The van der Waals surface area contributed by atoms with Gasteiger partial charge in [-0.15, -0.1) is 0 Å². The first-order chi connectivity index (χ1) is 7.70. The first-order valence-electron chi connectivity index (χ1n) is 5.78. The Bertz CT molecular complexity index is 387. The van der Waals surface area contributed by atoms with Gasteiger partial charge in [-0.1, -0.05) is 43.8 Å². The largest absolute Gasteiger partial charge is 0.321 e. The highest BCUT2D eigenvalue weighted by Gasteiger charge is 2.20. The van der Waals surface area contributed by atoms with Crippen molar-refractivity contribution >= 4 is 22.6 Å². The van der Waals surface area contributed by atoms with Gasteiger partial charge in [0, 0.05) is 18.0 Å². The van der Waals surface area contributed by atoms with Crippen LogP contribution in [0.25, 0.3) is 0 Å². The van der Waals surface area contributed by atoms with Crippen LogP contribution < -0.4 is 4.90 Å². The Labute approximate surface area is 102 Å². The van der Waals surface area contributed by atoms with Gasteiger partial charge in [-0.25, -0.2) is 0 Å². The summed E-state index contributed by atoms with van der Waals surface area (Å²) in [7, 11) is 0. The molecule has 16 heavy (non-hydrogen) atoms. The summed E-state index contributed by atoms with van der Waals surface area (Å²) in [6.07, 6.45) is 1.17. The van der Waals surface area contributed by atoms with Crippen LogP contribution in [-0.4, -0.2) is 17.5 Å². The van der Waals surface area contributed by atoms with Crippen molar-refractivity contribution in [3.05, 3.63) is 29.8 Å². The Morgan fingerprint density at radius 2 is 2.06 bits per heavy atom. The molecule has 0 aliphatic carbocycles. The number of nitrogens with zero attached hydrogens (tertiary/aromatic N) is 1. The molecular formula is C13H18N2S. The average molecular weight is 234 g/mol. The summed E-state index contributed by atoms with van der Waals surface area (Å²) < 4.78 is 0. The van der Waals surface area contributed by atoms with Crippen LogP contribution in [0.5, 0.6) is 0 Å². The predicted molar refractivity (Wildman–Crippen MR) is 72.7 cm³/mol. The Kier molecular flexibility index (Phi) is 3.54.